The van der Waals surface area contributed by atoms with Crippen molar-refractivity contribution in [2.24, 2.45) is 0 Å². The molecule has 1 heterocycles. The summed E-state index contributed by atoms with van der Waals surface area (Å²) in [5.41, 5.74) is 1.23. The Bertz CT molecular complexity index is 1090. The van der Waals surface area contributed by atoms with Gasteiger partial charge >= 0.3 is 0 Å². The average Bonchev–Trinajstić information content (AvgIpc) is 2.72. The van der Waals surface area contributed by atoms with E-state index in [0.717, 1.165) is 0 Å². The summed E-state index contributed by atoms with van der Waals surface area (Å²) >= 11 is 0. The van der Waals surface area contributed by atoms with Gasteiger partial charge in [0.25, 0.3) is 0 Å². The monoisotopic (exact) mass is 395 g/mol. The first-order valence-electron chi connectivity index (χ1n) is 9.29. The van der Waals surface area contributed by atoms with E-state index in [1.165, 1.54) is 36.1 Å². The summed E-state index contributed by atoms with van der Waals surface area (Å²) in [6.45, 7) is 3.49. The molecule has 0 unspecified atom stereocenters. The molecule has 0 saturated heterocycles. The number of hydrogen-bond donors (Lipinski definition) is 1. The SMILES string of the molecule is CCCC(=O)Nc1c(-c2ccccc2OC)c(=O)c(C)nn1-c1ccc(F)cc1. The summed E-state index contributed by atoms with van der Waals surface area (Å²) in [7, 11) is 1.51. The van der Waals surface area contributed by atoms with Gasteiger partial charge in [0.1, 0.15) is 23.1 Å². The molecule has 0 aliphatic heterocycles. The molecule has 0 atom stereocenters. The van der Waals surface area contributed by atoms with Crippen molar-refractivity contribution in [1.82, 2.24) is 9.78 Å². The number of aryl methyl sites for hydroxylation is 1. The molecule has 7 heteroatoms. The molecule has 150 valence electrons. The van der Waals surface area contributed by atoms with Crippen molar-refractivity contribution in [3.8, 4) is 22.6 Å². The minimum Gasteiger partial charge on any atom is -0.496 e. The maximum Gasteiger partial charge on any atom is 0.225 e. The smallest absolute Gasteiger partial charge is 0.225 e. The number of ether oxygens (including phenoxy) is 1. The van der Waals surface area contributed by atoms with E-state index < -0.39 is 5.82 Å². The molecule has 6 nitrogen and oxygen atoms in total. The average molecular weight is 395 g/mol. The number of carbonyl (C=O) groups is 1. The third-order valence-corrected chi connectivity index (χ3v) is 4.44. The zero-order chi connectivity index (χ0) is 21.0. The molecule has 0 aliphatic carbocycles. The second-order valence-corrected chi connectivity index (χ2v) is 6.52. The number of benzene rings is 2. The standard InChI is InChI=1S/C22H22FN3O3/c1-4-7-19(27)24-22-20(17-8-5-6-9-18(17)29-3)21(28)14(2)25-26(22)16-12-10-15(23)11-13-16/h5-6,8-13H,4,7H2,1-3H3,(H,24,27). The van der Waals surface area contributed by atoms with Crippen LogP contribution in [0.1, 0.15) is 25.5 Å². The fraction of sp³-hybridized carbons (Fsp3) is 0.227. The molecule has 0 radical (unpaired) electrons. The number of halogens is 1. The molecule has 2 aromatic carbocycles. The number of aromatic nitrogens is 2. The van der Waals surface area contributed by atoms with Gasteiger partial charge in [0.2, 0.25) is 11.3 Å². The number of nitrogens with zero attached hydrogens (tertiary/aromatic N) is 2. The Labute approximate surface area is 168 Å². The topological polar surface area (TPSA) is 73.2 Å². The van der Waals surface area contributed by atoms with Gasteiger partial charge < -0.3 is 10.1 Å². The third-order valence-electron chi connectivity index (χ3n) is 4.44. The lowest BCUT2D eigenvalue weighted by Crippen LogP contribution is -2.24. The minimum atomic E-state index is -0.395. The van der Waals surface area contributed by atoms with Crippen molar-refractivity contribution in [2.75, 3.05) is 12.4 Å². The molecule has 0 saturated carbocycles. The molecule has 29 heavy (non-hydrogen) atoms. The third kappa shape index (κ3) is 4.18. The largest absolute Gasteiger partial charge is 0.496 e. The van der Waals surface area contributed by atoms with E-state index >= 15 is 0 Å². The van der Waals surface area contributed by atoms with Gasteiger partial charge in [0, 0.05) is 12.0 Å². The van der Waals surface area contributed by atoms with Gasteiger partial charge in [0.15, 0.2) is 0 Å². The van der Waals surface area contributed by atoms with E-state index in [0.29, 0.717) is 23.4 Å². The zero-order valence-electron chi connectivity index (χ0n) is 16.5. The highest BCUT2D eigenvalue weighted by Crippen LogP contribution is 2.33. The number of nitrogens with one attached hydrogen (secondary N) is 1. The predicted octanol–water partition coefficient (Wildman–Crippen LogP) is 4.09. The predicted molar refractivity (Wildman–Crippen MR) is 110 cm³/mol. The maximum atomic E-state index is 13.4. The van der Waals surface area contributed by atoms with Gasteiger partial charge in [-0.1, -0.05) is 25.1 Å². The van der Waals surface area contributed by atoms with Gasteiger partial charge in [-0.05, 0) is 43.7 Å². The summed E-state index contributed by atoms with van der Waals surface area (Å²) in [5, 5.41) is 7.18. The second kappa shape index (κ2) is 8.68. The minimum absolute atomic E-state index is 0.218. The summed E-state index contributed by atoms with van der Waals surface area (Å²) in [4.78, 5) is 25.5. The van der Waals surface area contributed by atoms with Gasteiger partial charge in [-0.3, -0.25) is 9.59 Å². The fourth-order valence-corrected chi connectivity index (χ4v) is 3.05. The van der Waals surface area contributed by atoms with E-state index in [1.54, 1.807) is 31.2 Å². The number of methoxy groups -OCH3 is 1. The van der Waals surface area contributed by atoms with Crippen LogP contribution in [0.15, 0.2) is 53.3 Å². The molecule has 3 rings (SSSR count). The van der Waals surface area contributed by atoms with Crippen molar-refractivity contribution < 1.29 is 13.9 Å². The van der Waals surface area contributed by atoms with Crippen molar-refractivity contribution in [2.45, 2.75) is 26.7 Å². The second-order valence-electron chi connectivity index (χ2n) is 6.52. The van der Waals surface area contributed by atoms with E-state index in [-0.39, 0.29) is 34.8 Å². The molecule has 1 N–H and O–H groups in total. The van der Waals surface area contributed by atoms with E-state index in [1.807, 2.05) is 6.92 Å². The fourth-order valence-electron chi connectivity index (χ4n) is 3.05. The summed E-state index contributed by atoms with van der Waals surface area (Å²) in [5.74, 6) is 0.0691. The molecule has 0 spiro atoms. The van der Waals surface area contributed by atoms with E-state index in [2.05, 4.69) is 10.4 Å². The number of para-hydroxylation sites is 1. The number of hydrogen-bond acceptors (Lipinski definition) is 4. The number of anilines is 1. The number of amides is 1. The number of carbonyl (C=O) groups excluding carboxylic acids is 1. The van der Waals surface area contributed by atoms with Crippen molar-refractivity contribution >= 4 is 11.7 Å². The van der Waals surface area contributed by atoms with Crippen molar-refractivity contribution in [1.29, 1.82) is 0 Å². The molecular formula is C22H22FN3O3. The van der Waals surface area contributed by atoms with Crippen LogP contribution in [-0.2, 0) is 4.79 Å². The molecule has 0 fully saturated rings. The van der Waals surface area contributed by atoms with Gasteiger partial charge in [-0.25, -0.2) is 9.07 Å². The van der Waals surface area contributed by atoms with Crippen LogP contribution in [-0.4, -0.2) is 22.8 Å². The number of rotatable bonds is 6. The first-order valence-corrected chi connectivity index (χ1v) is 9.29. The Morgan fingerprint density at radius 2 is 1.86 bits per heavy atom. The molecule has 0 aliphatic rings. The summed E-state index contributed by atoms with van der Waals surface area (Å²) < 4.78 is 20.3. The van der Waals surface area contributed by atoms with Crippen molar-refractivity contribution in [3.05, 3.63) is 70.3 Å². The first kappa shape index (κ1) is 20.3. The summed E-state index contributed by atoms with van der Waals surface area (Å²) in [6.07, 6.45) is 0.937. The lowest BCUT2D eigenvalue weighted by molar-refractivity contribution is -0.116. The Morgan fingerprint density at radius 1 is 1.17 bits per heavy atom. The molecule has 1 amide bonds. The zero-order valence-corrected chi connectivity index (χ0v) is 16.5. The Kier molecular flexibility index (Phi) is 6.07. The quantitative estimate of drug-likeness (QED) is 0.682. The lowest BCUT2D eigenvalue weighted by Gasteiger charge is -2.19. The molecule has 3 aromatic rings. The van der Waals surface area contributed by atoms with E-state index in [4.69, 9.17) is 4.74 Å². The van der Waals surface area contributed by atoms with Crippen LogP contribution in [0.2, 0.25) is 0 Å². The van der Waals surface area contributed by atoms with Gasteiger partial charge in [-0.15, -0.1) is 0 Å². The van der Waals surface area contributed by atoms with Crippen LogP contribution in [0.3, 0.4) is 0 Å². The lowest BCUT2D eigenvalue weighted by atomic mass is 10.0. The van der Waals surface area contributed by atoms with Crippen LogP contribution in [0, 0.1) is 12.7 Å². The highest BCUT2D eigenvalue weighted by Gasteiger charge is 2.22. The summed E-state index contributed by atoms with van der Waals surface area (Å²) in [6, 6.07) is 12.7. The highest BCUT2D eigenvalue weighted by atomic mass is 19.1. The van der Waals surface area contributed by atoms with Crippen LogP contribution in [0.25, 0.3) is 16.8 Å². The van der Waals surface area contributed by atoms with Crippen LogP contribution in [0.4, 0.5) is 10.2 Å². The van der Waals surface area contributed by atoms with Crippen LogP contribution < -0.4 is 15.5 Å². The Balaban J connectivity index is 2.34. The Hall–Kier alpha value is -3.48. The maximum absolute atomic E-state index is 13.4. The van der Waals surface area contributed by atoms with Gasteiger partial charge in [0.05, 0.1) is 18.4 Å². The van der Waals surface area contributed by atoms with Crippen LogP contribution in [0.5, 0.6) is 5.75 Å². The molecule has 0 bridgehead atoms. The van der Waals surface area contributed by atoms with Crippen LogP contribution >= 0.6 is 0 Å². The first-order chi connectivity index (χ1) is 14.0. The highest BCUT2D eigenvalue weighted by molar-refractivity contribution is 5.95. The molecule has 1 aromatic heterocycles. The molecular weight excluding hydrogens is 373 g/mol. The normalized spacial score (nSPS) is 10.6. The van der Waals surface area contributed by atoms with Gasteiger partial charge in [-0.2, -0.15) is 5.10 Å². The Morgan fingerprint density at radius 3 is 2.52 bits per heavy atom. The van der Waals surface area contributed by atoms with E-state index in [9.17, 15) is 14.0 Å². The van der Waals surface area contributed by atoms with Crippen molar-refractivity contribution in [3.63, 3.8) is 0 Å².